The molecule has 1 saturated heterocycles. The third kappa shape index (κ3) is 4.90. The van der Waals surface area contributed by atoms with E-state index in [4.69, 9.17) is 0 Å². The topological polar surface area (TPSA) is 86.4 Å². The van der Waals surface area contributed by atoms with Crippen molar-refractivity contribution in [2.45, 2.75) is 25.4 Å². The standard InChI is InChI=1S/C17H23N5O2S/c1-18-15(23)11-22-8-6-12(7-9-22)20-17(24)19-10-16-21-13-4-2-3-5-14(13)25-16/h2-5,12H,6-11H2,1H3,(H,18,23)(H2,19,20,24). The molecule has 0 atom stereocenters. The van der Waals surface area contributed by atoms with E-state index in [0.29, 0.717) is 13.1 Å². The minimum absolute atomic E-state index is 0.0278. The highest BCUT2D eigenvalue weighted by molar-refractivity contribution is 7.18. The predicted octanol–water partition coefficient (Wildman–Crippen LogP) is 1.31. The molecule has 3 N–H and O–H groups in total. The lowest BCUT2D eigenvalue weighted by Crippen LogP contribution is -2.49. The fraction of sp³-hybridized carbons (Fsp3) is 0.471. The van der Waals surface area contributed by atoms with Gasteiger partial charge in [-0.1, -0.05) is 12.1 Å². The first-order valence-corrected chi connectivity index (χ1v) is 9.27. The van der Waals surface area contributed by atoms with Gasteiger partial charge >= 0.3 is 6.03 Å². The van der Waals surface area contributed by atoms with Gasteiger partial charge in [-0.25, -0.2) is 9.78 Å². The Bertz CT molecular complexity index is 706. The number of nitrogens with zero attached hydrogens (tertiary/aromatic N) is 2. The van der Waals surface area contributed by atoms with Crippen LogP contribution in [0.5, 0.6) is 0 Å². The molecule has 8 heteroatoms. The number of likely N-dealkylation sites (N-methyl/N-ethyl adjacent to an activating group) is 1. The molecule has 1 aliphatic heterocycles. The van der Waals surface area contributed by atoms with E-state index in [1.807, 2.05) is 24.3 Å². The molecule has 0 radical (unpaired) electrons. The van der Waals surface area contributed by atoms with Crippen LogP contribution in [0, 0.1) is 0 Å². The summed E-state index contributed by atoms with van der Waals surface area (Å²) in [4.78, 5) is 30.1. The van der Waals surface area contributed by atoms with Gasteiger partial charge in [0.15, 0.2) is 0 Å². The van der Waals surface area contributed by atoms with Crippen LogP contribution in [-0.4, -0.2) is 54.5 Å². The van der Waals surface area contributed by atoms with Crippen molar-refractivity contribution in [1.29, 1.82) is 0 Å². The van der Waals surface area contributed by atoms with Crippen molar-refractivity contribution in [1.82, 2.24) is 25.8 Å². The van der Waals surface area contributed by atoms with Crippen LogP contribution in [-0.2, 0) is 11.3 Å². The van der Waals surface area contributed by atoms with Gasteiger partial charge in [-0.05, 0) is 25.0 Å². The van der Waals surface area contributed by atoms with Crippen LogP contribution >= 0.6 is 11.3 Å². The summed E-state index contributed by atoms with van der Waals surface area (Å²) < 4.78 is 1.13. The second-order valence-corrected chi connectivity index (χ2v) is 7.24. The predicted molar refractivity (Wildman–Crippen MR) is 98.5 cm³/mol. The number of fused-ring (bicyclic) bond motifs is 1. The van der Waals surface area contributed by atoms with Crippen molar-refractivity contribution in [3.63, 3.8) is 0 Å². The van der Waals surface area contributed by atoms with Crippen LogP contribution in [0.2, 0.25) is 0 Å². The zero-order valence-electron chi connectivity index (χ0n) is 14.2. The van der Waals surface area contributed by atoms with Gasteiger partial charge in [0.1, 0.15) is 5.01 Å². The number of rotatable bonds is 5. The van der Waals surface area contributed by atoms with Crippen molar-refractivity contribution in [3.05, 3.63) is 29.3 Å². The lowest BCUT2D eigenvalue weighted by molar-refractivity contribution is -0.122. The van der Waals surface area contributed by atoms with Crippen molar-refractivity contribution in [2.24, 2.45) is 0 Å². The van der Waals surface area contributed by atoms with Gasteiger partial charge in [-0.15, -0.1) is 11.3 Å². The van der Waals surface area contributed by atoms with Gasteiger partial charge in [0.25, 0.3) is 0 Å². The van der Waals surface area contributed by atoms with Crippen LogP contribution < -0.4 is 16.0 Å². The maximum absolute atomic E-state index is 12.1. The number of amides is 3. The smallest absolute Gasteiger partial charge is 0.315 e. The number of nitrogens with one attached hydrogen (secondary N) is 3. The quantitative estimate of drug-likeness (QED) is 0.749. The normalized spacial score (nSPS) is 15.9. The van der Waals surface area contributed by atoms with Crippen molar-refractivity contribution >= 4 is 33.5 Å². The van der Waals surface area contributed by atoms with Crippen LogP contribution in [0.3, 0.4) is 0 Å². The van der Waals surface area contributed by atoms with E-state index in [9.17, 15) is 9.59 Å². The molecule has 134 valence electrons. The molecule has 1 aromatic heterocycles. The average molecular weight is 361 g/mol. The molecule has 0 spiro atoms. The minimum atomic E-state index is -0.163. The summed E-state index contributed by atoms with van der Waals surface area (Å²) in [6, 6.07) is 7.94. The molecule has 2 heterocycles. The molecule has 0 bridgehead atoms. The lowest BCUT2D eigenvalue weighted by Gasteiger charge is -2.31. The van der Waals surface area contributed by atoms with E-state index >= 15 is 0 Å². The number of likely N-dealkylation sites (tertiary alicyclic amines) is 1. The van der Waals surface area contributed by atoms with Gasteiger partial charge in [-0.2, -0.15) is 0 Å². The number of benzene rings is 1. The Morgan fingerprint density at radius 3 is 2.76 bits per heavy atom. The maximum atomic E-state index is 12.1. The summed E-state index contributed by atoms with van der Waals surface area (Å²) in [5.41, 5.74) is 0.966. The highest BCUT2D eigenvalue weighted by Crippen LogP contribution is 2.21. The number of thiazole rings is 1. The molecule has 3 rings (SSSR count). The Balaban J connectivity index is 1.40. The first-order chi connectivity index (χ1) is 12.1. The first kappa shape index (κ1) is 17.6. The number of carbonyl (C=O) groups excluding carboxylic acids is 2. The summed E-state index contributed by atoms with van der Waals surface area (Å²) >= 11 is 1.60. The molecule has 0 saturated carbocycles. The van der Waals surface area contributed by atoms with Gasteiger partial charge in [0.2, 0.25) is 5.91 Å². The van der Waals surface area contributed by atoms with Crippen molar-refractivity contribution in [3.8, 4) is 0 Å². The number of hydrogen-bond acceptors (Lipinski definition) is 5. The molecule has 7 nitrogen and oxygen atoms in total. The number of para-hydroxylation sites is 1. The number of aromatic nitrogens is 1. The summed E-state index contributed by atoms with van der Waals surface area (Å²) in [5, 5.41) is 9.42. The van der Waals surface area contributed by atoms with Gasteiger partial charge in [0.05, 0.1) is 23.3 Å². The first-order valence-electron chi connectivity index (χ1n) is 8.46. The number of hydrogen-bond donors (Lipinski definition) is 3. The minimum Gasteiger partial charge on any atom is -0.358 e. The second-order valence-electron chi connectivity index (χ2n) is 6.13. The number of piperidine rings is 1. The van der Waals surface area contributed by atoms with E-state index in [0.717, 1.165) is 41.2 Å². The largest absolute Gasteiger partial charge is 0.358 e. The molecular weight excluding hydrogens is 338 g/mol. The van der Waals surface area contributed by atoms with Crippen LogP contribution in [0.25, 0.3) is 10.2 Å². The molecule has 2 aromatic rings. The Kier molecular flexibility index (Phi) is 5.83. The summed E-state index contributed by atoms with van der Waals surface area (Å²) in [7, 11) is 1.65. The maximum Gasteiger partial charge on any atom is 0.315 e. The molecular formula is C17H23N5O2S. The summed E-state index contributed by atoms with van der Waals surface area (Å²) in [5.74, 6) is 0.0278. The second kappa shape index (κ2) is 8.26. The monoisotopic (exact) mass is 361 g/mol. The lowest BCUT2D eigenvalue weighted by atomic mass is 10.1. The molecule has 1 aliphatic rings. The Hall–Kier alpha value is -2.19. The number of carbonyl (C=O) groups is 2. The molecule has 0 unspecified atom stereocenters. The molecule has 1 aromatic carbocycles. The third-order valence-electron chi connectivity index (χ3n) is 4.31. The van der Waals surface area contributed by atoms with Crippen LogP contribution in [0.1, 0.15) is 17.8 Å². The van der Waals surface area contributed by atoms with E-state index in [1.54, 1.807) is 18.4 Å². The Morgan fingerprint density at radius 2 is 2.04 bits per heavy atom. The fourth-order valence-corrected chi connectivity index (χ4v) is 3.81. The molecule has 3 amide bonds. The summed E-state index contributed by atoms with van der Waals surface area (Å²) in [6.45, 7) is 2.49. The van der Waals surface area contributed by atoms with Crippen LogP contribution in [0.15, 0.2) is 24.3 Å². The van der Waals surface area contributed by atoms with E-state index in [2.05, 4.69) is 25.8 Å². The zero-order valence-corrected chi connectivity index (χ0v) is 15.1. The molecule has 1 fully saturated rings. The Labute approximate surface area is 150 Å². The van der Waals surface area contributed by atoms with Gasteiger partial charge < -0.3 is 16.0 Å². The summed E-state index contributed by atoms with van der Waals surface area (Å²) in [6.07, 6.45) is 1.71. The SMILES string of the molecule is CNC(=O)CN1CCC(NC(=O)NCc2nc3ccccc3s2)CC1. The van der Waals surface area contributed by atoms with E-state index in [-0.39, 0.29) is 18.0 Å². The van der Waals surface area contributed by atoms with Crippen LogP contribution in [0.4, 0.5) is 4.79 Å². The number of urea groups is 1. The van der Waals surface area contributed by atoms with E-state index < -0.39 is 0 Å². The average Bonchev–Trinajstić information content (AvgIpc) is 3.04. The van der Waals surface area contributed by atoms with Crippen molar-refractivity contribution < 1.29 is 9.59 Å². The molecule has 0 aliphatic carbocycles. The van der Waals surface area contributed by atoms with Crippen molar-refractivity contribution in [2.75, 3.05) is 26.7 Å². The highest BCUT2D eigenvalue weighted by atomic mass is 32.1. The van der Waals surface area contributed by atoms with E-state index in [1.165, 1.54) is 0 Å². The van der Waals surface area contributed by atoms with Gasteiger partial charge in [0, 0.05) is 26.2 Å². The third-order valence-corrected chi connectivity index (χ3v) is 5.34. The van der Waals surface area contributed by atoms with Gasteiger partial charge in [-0.3, -0.25) is 9.69 Å². The fourth-order valence-electron chi connectivity index (χ4n) is 2.91. The highest BCUT2D eigenvalue weighted by Gasteiger charge is 2.21. The Morgan fingerprint density at radius 1 is 1.28 bits per heavy atom. The zero-order chi connectivity index (χ0) is 17.6. The molecule has 25 heavy (non-hydrogen) atoms.